The molecular formula is C32H40ClN3O4S. The first-order valence-corrected chi connectivity index (χ1v) is 15.7. The lowest BCUT2D eigenvalue weighted by Gasteiger charge is -2.32. The topological polar surface area (TPSA) is 86.8 Å². The van der Waals surface area contributed by atoms with Gasteiger partial charge in [-0.25, -0.2) is 8.42 Å². The highest BCUT2D eigenvalue weighted by molar-refractivity contribution is 7.92. The number of nitrogens with zero attached hydrogens (tertiary/aromatic N) is 2. The molecule has 2 unspecified atom stereocenters. The number of benzene rings is 3. The number of amides is 2. The van der Waals surface area contributed by atoms with Crippen LogP contribution in [0.15, 0.2) is 77.7 Å². The molecule has 0 fully saturated rings. The number of anilines is 1. The fourth-order valence-electron chi connectivity index (χ4n) is 4.27. The maximum atomic E-state index is 14.0. The molecule has 2 amide bonds. The van der Waals surface area contributed by atoms with Gasteiger partial charge in [0.1, 0.15) is 12.6 Å². The number of hydrogen-bond donors (Lipinski definition) is 1. The average molecular weight is 598 g/mol. The van der Waals surface area contributed by atoms with Crippen LogP contribution in [0.5, 0.6) is 0 Å². The van der Waals surface area contributed by atoms with Gasteiger partial charge in [0, 0.05) is 17.6 Å². The van der Waals surface area contributed by atoms with Gasteiger partial charge in [-0.3, -0.25) is 13.9 Å². The number of carbonyl (C=O) groups is 2. The van der Waals surface area contributed by atoms with E-state index in [2.05, 4.69) is 19.2 Å². The van der Waals surface area contributed by atoms with E-state index in [4.69, 9.17) is 11.6 Å². The van der Waals surface area contributed by atoms with Crippen molar-refractivity contribution in [2.24, 2.45) is 0 Å². The number of aryl methyl sites for hydroxylation is 1. The molecule has 0 aliphatic carbocycles. The Balaban J connectivity index is 2.04. The van der Waals surface area contributed by atoms with Crippen LogP contribution in [0.1, 0.15) is 63.6 Å². The fraction of sp³-hybridized carbons (Fsp3) is 0.375. The molecule has 0 aromatic heterocycles. The highest BCUT2D eigenvalue weighted by atomic mass is 35.5. The summed E-state index contributed by atoms with van der Waals surface area (Å²) in [6.07, 6.45) is 0.732. The van der Waals surface area contributed by atoms with Gasteiger partial charge >= 0.3 is 0 Å². The van der Waals surface area contributed by atoms with Gasteiger partial charge in [0.15, 0.2) is 0 Å². The first-order valence-electron chi connectivity index (χ1n) is 13.9. The molecular weight excluding hydrogens is 558 g/mol. The van der Waals surface area contributed by atoms with Gasteiger partial charge in [-0.2, -0.15) is 0 Å². The van der Waals surface area contributed by atoms with E-state index in [-0.39, 0.29) is 29.3 Å². The first-order chi connectivity index (χ1) is 19.3. The van der Waals surface area contributed by atoms with Crippen LogP contribution in [-0.4, -0.2) is 43.8 Å². The van der Waals surface area contributed by atoms with Gasteiger partial charge in [-0.1, -0.05) is 74.3 Å². The summed E-state index contributed by atoms with van der Waals surface area (Å²) in [5, 5.41) is 3.43. The van der Waals surface area contributed by atoms with E-state index >= 15 is 0 Å². The Hall–Kier alpha value is -3.36. The smallest absolute Gasteiger partial charge is 0.264 e. The van der Waals surface area contributed by atoms with Crippen molar-refractivity contribution >= 4 is 39.1 Å². The molecule has 3 aromatic rings. The van der Waals surface area contributed by atoms with Crippen LogP contribution < -0.4 is 9.62 Å². The number of sulfonamides is 1. The Morgan fingerprint density at radius 2 is 1.56 bits per heavy atom. The van der Waals surface area contributed by atoms with Crippen molar-refractivity contribution < 1.29 is 18.0 Å². The second-order valence-electron chi connectivity index (χ2n) is 10.7. The van der Waals surface area contributed by atoms with Crippen molar-refractivity contribution in [3.63, 3.8) is 0 Å². The lowest BCUT2D eigenvalue weighted by Crippen LogP contribution is -2.52. The molecule has 0 bridgehead atoms. The third-order valence-corrected chi connectivity index (χ3v) is 9.17. The molecule has 3 aromatic carbocycles. The minimum atomic E-state index is -4.12. The zero-order valence-corrected chi connectivity index (χ0v) is 26.2. The number of rotatable bonds is 12. The summed E-state index contributed by atoms with van der Waals surface area (Å²) >= 11 is 6.21. The molecule has 0 spiro atoms. The van der Waals surface area contributed by atoms with E-state index in [0.717, 1.165) is 27.4 Å². The summed E-state index contributed by atoms with van der Waals surface area (Å²) < 4.78 is 29.1. The summed E-state index contributed by atoms with van der Waals surface area (Å²) in [7, 11) is -4.12. The number of nitrogens with one attached hydrogen (secondary N) is 1. The first kappa shape index (κ1) is 32.2. The van der Waals surface area contributed by atoms with Crippen LogP contribution in [-0.2, 0) is 26.2 Å². The average Bonchev–Trinajstić information content (AvgIpc) is 2.94. The van der Waals surface area contributed by atoms with Gasteiger partial charge in [0.2, 0.25) is 11.8 Å². The van der Waals surface area contributed by atoms with Crippen LogP contribution in [0.3, 0.4) is 0 Å². The van der Waals surface area contributed by atoms with E-state index in [1.807, 2.05) is 39.0 Å². The lowest BCUT2D eigenvalue weighted by atomic mass is 10.0. The van der Waals surface area contributed by atoms with E-state index in [0.29, 0.717) is 10.7 Å². The SMILES string of the molecule is CCC(C)NC(=O)C(C)N(Cc1cccc(Cl)c1)C(=O)CN(c1ccc(C(C)C)cc1)S(=O)(=O)c1ccc(C)cc1. The van der Waals surface area contributed by atoms with E-state index in [9.17, 15) is 18.0 Å². The third kappa shape index (κ3) is 8.33. The molecule has 0 heterocycles. The third-order valence-electron chi connectivity index (χ3n) is 7.15. The number of halogens is 1. The molecule has 2 atom stereocenters. The van der Waals surface area contributed by atoms with Crippen molar-refractivity contribution in [2.45, 2.75) is 77.4 Å². The largest absolute Gasteiger partial charge is 0.352 e. The highest BCUT2D eigenvalue weighted by Gasteiger charge is 2.32. The standard InChI is InChI=1S/C32H40ClN3O4S/c1-7-24(5)34-32(38)25(6)35(20-26-9-8-10-28(33)19-26)31(37)21-36(29-15-13-27(14-16-29)22(2)3)41(39,40)30-17-11-23(4)12-18-30/h8-19,22,24-25H,7,20-21H2,1-6H3,(H,34,38). The molecule has 0 radical (unpaired) electrons. The van der Waals surface area contributed by atoms with Crippen molar-refractivity contribution in [3.05, 3.63) is 94.5 Å². The molecule has 0 aliphatic rings. The summed E-state index contributed by atoms with van der Waals surface area (Å²) in [6.45, 7) is 11.1. The number of hydrogen-bond acceptors (Lipinski definition) is 4. The van der Waals surface area contributed by atoms with Gasteiger partial charge in [0.25, 0.3) is 10.0 Å². The molecule has 41 heavy (non-hydrogen) atoms. The summed E-state index contributed by atoms with van der Waals surface area (Å²) in [5.41, 5.74) is 3.05. The zero-order chi connectivity index (χ0) is 30.3. The predicted octanol–water partition coefficient (Wildman–Crippen LogP) is 6.30. The Morgan fingerprint density at radius 3 is 2.12 bits per heavy atom. The maximum absolute atomic E-state index is 14.0. The Morgan fingerprint density at radius 1 is 0.927 bits per heavy atom. The van der Waals surface area contributed by atoms with Crippen LogP contribution in [0.25, 0.3) is 0 Å². The van der Waals surface area contributed by atoms with Crippen molar-refractivity contribution in [1.82, 2.24) is 10.2 Å². The molecule has 0 saturated heterocycles. The van der Waals surface area contributed by atoms with E-state index < -0.39 is 28.5 Å². The van der Waals surface area contributed by atoms with Gasteiger partial charge in [0.05, 0.1) is 10.6 Å². The molecule has 7 nitrogen and oxygen atoms in total. The number of carbonyl (C=O) groups excluding carboxylic acids is 2. The van der Waals surface area contributed by atoms with Crippen molar-refractivity contribution in [1.29, 1.82) is 0 Å². The molecule has 220 valence electrons. The Bertz CT molecular complexity index is 1440. The second-order valence-corrected chi connectivity index (χ2v) is 13.0. The molecule has 1 N–H and O–H groups in total. The normalized spacial score (nSPS) is 13.0. The minimum absolute atomic E-state index is 0.0767. The van der Waals surface area contributed by atoms with E-state index in [1.165, 1.54) is 17.0 Å². The predicted molar refractivity (Wildman–Crippen MR) is 166 cm³/mol. The summed E-state index contributed by atoms with van der Waals surface area (Å²) in [6, 6.07) is 19.8. The van der Waals surface area contributed by atoms with Crippen molar-refractivity contribution in [2.75, 3.05) is 10.8 Å². The van der Waals surface area contributed by atoms with Crippen LogP contribution in [0.2, 0.25) is 5.02 Å². The molecule has 0 saturated carbocycles. The van der Waals surface area contributed by atoms with Crippen LogP contribution >= 0.6 is 11.6 Å². The van der Waals surface area contributed by atoms with Crippen LogP contribution in [0, 0.1) is 6.92 Å². The summed E-state index contributed by atoms with van der Waals surface area (Å²) in [4.78, 5) is 28.7. The van der Waals surface area contributed by atoms with E-state index in [1.54, 1.807) is 49.4 Å². The second kappa shape index (κ2) is 14.0. The van der Waals surface area contributed by atoms with Gasteiger partial charge in [-0.15, -0.1) is 0 Å². The minimum Gasteiger partial charge on any atom is -0.352 e. The maximum Gasteiger partial charge on any atom is 0.264 e. The lowest BCUT2D eigenvalue weighted by molar-refractivity contribution is -0.139. The Kier molecular flexibility index (Phi) is 11.0. The zero-order valence-electron chi connectivity index (χ0n) is 24.6. The van der Waals surface area contributed by atoms with Crippen molar-refractivity contribution in [3.8, 4) is 0 Å². The molecule has 9 heteroatoms. The molecule has 0 aliphatic heterocycles. The fourth-order valence-corrected chi connectivity index (χ4v) is 5.90. The van der Waals surface area contributed by atoms with Gasteiger partial charge in [-0.05, 0) is 80.6 Å². The highest BCUT2D eigenvalue weighted by Crippen LogP contribution is 2.27. The van der Waals surface area contributed by atoms with Gasteiger partial charge < -0.3 is 10.2 Å². The van der Waals surface area contributed by atoms with Crippen LogP contribution in [0.4, 0.5) is 5.69 Å². The summed E-state index contributed by atoms with van der Waals surface area (Å²) in [5.74, 6) is -0.574. The Labute approximate surface area is 249 Å². The monoisotopic (exact) mass is 597 g/mol. The molecule has 3 rings (SSSR count). The quantitative estimate of drug-likeness (QED) is 0.265.